The minimum Gasteiger partial charge on any atom is -0.493 e. The third-order valence-corrected chi connectivity index (χ3v) is 5.29. The molecule has 0 amide bonds. The molecule has 2 fully saturated rings. The molecule has 4 atom stereocenters. The first-order chi connectivity index (χ1) is 9.31. The fraction of sp³-hybridized carbons (Fsp3) is 0.529. The highest BCUT2D eigenvalue weighted by molar-refractivity contribution is 5.49. The van der Waals surface area contributed by atoms with Crippen molar-refractivity contribution in [2.45, 2.75) is 32.3 Å². The Morgan fingerprint density at radius 2 is 2.21 bits per heavy atom. The second-order valence-corrected chi connectivity index (χ2v) is 6.07. The van der Waals surface area contributed by atoms with Gasteiger partial charge in [-0.3, -0.25) is 0 Å². The van der Waals surface area contributed by atoms with Crippen molar-refractivity contribution in [1.82, 2.24) is 0 Å². The average Bonchev–Trinajstić information content (AvgIpc) is 3.02. The average molecular weight is 256 g/mol. The van der Waals surface area contributed by atoms with E-state index >= 15 is 0 Å². The Hall–Kier alpha value is -1.44. The third kappa shape index (κ3) is 1.49. The van der Waals surface area contributed by atoms with Gasteiger partial charge >= 0.3 is 0 Å². The molecular formula is C17H20O2. The van der Waals surface area contributed by atoms with E-state index in [0.29, 0.717) is 12.0 Å². The van der Waals surface area contributed by atoms with E-state index in [1.54, 1.807) is 12.7 Å². The van der Waals surface area contributed by atoms with Crippen LogP contribution in [0.3, 0.4) is 0 Å². The molecule has 2 nitrogen and oxygen atoms in total. The van der Waals surface area contributed by atoms with E-state index < -0.39 is 0 Å². The summed E-state index contributed by atoms with van der Waals surface area (Å²) in [6, 6.07) is 6.27. The zero-order valence-corrected chi connectivity index (χ0v) is 11.6. The summed E-state index contributed by atoms with van der Waals surface area (Å²) in [5, 5.41) is 0. The summed E-state index contributed by atoms with van der Waals surface area (Å²) in [7, 11) is 1.73. The Kier molecular flexibility index (Phi) is 2.41. The van der Waals surface area contributed by atoms with E-state index in [2.05, 4.69) is 25.1 Å². The number of fused-ring (bicyclic) bond motifs is 6. The van der Waals surface area contributed by atoms with Crippen LogP contribution in [0.4, 0.5) is 0 Å². The molecule has 19 heavy (non-hydrogen) atoms. The van der Waals surface area contributed by atoms with E-state index in [-0.39, 0.29) is 0 Å². The highest BCUT2D eigenvalue weighted by atomic mass is 16.5. The van der Waals surface area contributed by atoms with E-state index in [1.807, 2.05) is 6.07 Å². The molecule has 0 radical (unpaired) electrons. The van der Waals surface area contributed by atoms with Crippen LogP contribution in [0.5, 0.6) is 11.5 Å². The number of hydrogen-bond acceptors (Lipinski definition) is 2. The van der Waals surface area contributed by atoms with Crippen LogP contribution < -0.4 is 9.47 Å². The van der Waals surface area contributed by atoms with Crippen molar-refractivity contribution in [3.63, 3.8) is 0 Å². The maximum absolute atomic E-state index is 6.35. The number of allylic oxidation sites excluding steroid dienone is 2. The lowest BCUT2D eigenvalue weighted by molar-refractivity contribution is 0.0761. The summed E-state index contributed by atoms with van der Waals surface area (Å²) >= 11 is 0. The Balaban J connectivity index is 1.73. The second kappa shape index (κ2) is 4.03. The molecule has 4 rings (SSSR count). The predicted molar refractivity (Wildman–Crippen MR) is 74.6 cm³/mol. The first-order valence-corrected chi connectivity index (χ1v) is 7.29. The lowest BCUT2D eigenvalue weighted by atomic mass is 9.77. The van der Waals surface area contributed by atoms with Gasteiger partial charge in [0, 0.05) is 11.8 Å². The zero-order chi connectivity index (χ0) is 13.0. The summed E-state index contributed by atoms with van der Waals surface area (Å²) in [6.45, 7) is 2.19. The zero-order valence-electron chi connectivity index (χ0n) is 11.6. The van der Waals surface area contributed by atoms with Crippen LogP contribution in [-0.4, -0.2) is 13.2 Å². The van der Waals surface area contributed by atoms with Crippen LogP contribution in [0.15, 0.2) is 29.8 Å². The topological polar surface area (TPSA) is 18.5 Å². The van der Waals surface area contributed by atoms with Gasteiger partial charge in [0.1, 0.15) is 6.10 Å². The SMILES string of the molecule is CC=C1CC2CC1C1Cc3cccc(OC)c3OC21. The standard InChI is InChI=1S/C17H20O2/c1-3-10-7-12-9-13(10)14-8-11-5-4-6-15(18-2)17(11)19-16(12)14/h3-6,12-14,16H,7-9H2,1-2H3. The molecule has 2 aliphatic carbocycles. The highest BCUT2D eigenvalue weighted by Crippen LogP contribution is 2.57. The highest BCUT2D eigenvalue weighted by Gasteiger charge is 2.53. The van der Waals surface area contributed by atoms with Crippen molar-refractivity contribution in [2.24, 2.45) is 17.8 Å². The van der Waals surface area contributed by atoms with Gasteiger partial charge in [-0.05, 0) is 43.7 Å². The number of hydrogen-bond donors (Lipinski definition) is 0. The molecular weight excluding hydrogens is 236 g/mol. The summed E-state index contributed by atoms with van der Waals surface area (Å²) in [6.07, 6.45) is 6.47. The van der Waals surface area contributed by atoms with Crippen LogP contribution in [0.25, 0.3) is 0 Å². The number of ether oxygens (including phenoxy) is 2. The minimum absolute atomic E-state index is 0.414. The Morgan fingerprint density at radius 1 is 1.32 bits per heavy atom. The first kappa shape index (κ1) is 11.4. The van der Waals surface area contributed by atoms with Gasteiger partial charge in [-0.1, -0.05) is 23.8 Å². The van der Waals surface area contributed by atoms with Gasteiger partial charge in [-0.2, -0.15) is 0 Å². The molecule has 4 unspecified atom stereocenters. The summed E-state index contributed by atoms with van der Waals surface area (Å²) < 4.78 is 11.8. The van der Waals surface area contributed by atoms with Crippen LogP contribution in [0.2, 0.25) is 0 Å². The van der Waals surface area contributed by atoms with Crippen LogP contribution in [-0.2, 0) is 6.42 Å². The molecule has 0 spiro atoms. The van der Waals surface area contributed by atoms with E-state index in [4.69, 9.17) is 9.47 Å². The number of methoxy groups -OCH3 is 1. The first-order valence-electron chi connectivity index (χ1n) is 7.29. The van der Waals surface area contributed by atoms with Gasteiger partial charge in [-0.15, -0.1) is 0 Å². The molecule has 2 saturated carbocycles. The summed E-state index contributed by atoms with van der Waals surface area (Å²) in [4.78, 5) is 0. The quantitative estimate of drug-likeness (QED) is 0.715. The van der Waals surface area contributed by atoms with Crippen molar-refractivity contribution in [3.05, 3.63) is 35.4 Å². The summed E-state index contributed by atoms with van der Waals surface area (Å²) in [5.74, 6) is 4.06. The molecule has 2 bridgehead atoms. The molecule has 3 aliphatic rings. The monoisotopic (exact) mass is 256 g/mol. The van der Waals surface area contributed by atoms with Gasteiger partial charge in [0.15, 0.2) is 11.5 Å². The number of benzene rings is 1. The minimum atomic E-state index is 0.414. The Labute approximate surface area is 114 Å². The van der Waals surface area contributed by atoms with Gasteiger partial charge in [0.05, 0.1) is 7.11 Å². The molecule has 1 aliphatic heterocycles. The van der Waals surface area contributed by atoms with Crippen molar-refractivity contribution in [3.8, 4) is 11.5 Å². The molecule has 2 heteroatoms. The fourth-order valence-electron chi connectivity index (χ4n) is 4.47. The van der Waals surface area contributed by atoms with Gasteiger partial charge in [0.2, 0.25) is 0 Å². The lowest BCUT2D eigenvalue weighted by Crippen LogP contribution is -2.38. The maximum atomic E-state index is 6.35. The predicted octanol–water partition coefficient (Wildman–Crippen LogP) is 3.60. The Bertz CT molecular complexity index is 546. The van der Waals surface area contributed by atoms with Crippen LogP contribution in [0, 0.1) is 17.8 Å². The van der Waals surface area contributed by atoms with Crippen molar-refractivity contribution in [2.75, 3.05) is 7.11 Å². The van der Waals surface area contributed by atoms with E-state index in [9.17, 15) is 0 Å². The van der Waals surface area contributed by atoms with Crippen LogP contribution >= 0.6 is 0 Å². The van der Waals surface area contributed by atoms with Crippen LogP contribution in [0.1, 0.15) is 25.3 Å². The smallest absolute Gasteiger partial charge is 0.164 e. The lowest BCUT2D eigenvalue weighted by Gasteiger charge is -2.38. The van der Waals surface area contributed by atoms with Crippen molar-refractivity contribution >= 4 is 0 Å². The molecule has 1 heterocycles. The molecule has 0 aromatic heterocycles. The number of para-hydroxylation sites is 1. The van der Waals surface area contributed by atoms with E-state index in [0.717, 1.165) is 29.8 Å². The second-order valence-electron chi connectivity index (χ2n) is 6.07. The molecule has 1 aromatic carbocycles. The third-order valence-electron chi connectivity index (χ3n) is 5.29. The molecule has 0 N–H and O–H groups in total. The van der Waals surface area contributed by atoms with Crippen molar-refractivity contribution < 1.29 is 9.47 Å². The molecule has 1 aromatic rings. The normalized spacial score (nSPS) is 36.8. The number of rotatable bonds is 1. The maximum Gasteiger partial charge on any atom is 0.164 e. The molecule has 100 valence electrons. The summed E-state index contributed by atoms with van der Waals surface area (Å²) in [5.41, 5.74) is 2.99. The largest absolute Gasteiger partial charge is 0.493 e. The van der Waals surface area contributed by atoms with Gasteiger partial charge in [-0.25, -0.2) is 0 Å². The van der Waals surface area contributed by atoms with Gasteiger partial charge < -0.3 is 9.47 Å². The molecule has 0 saturated heterocycles. The van der Waals surface area contributed by atoms with Gasteiger partial charge in [0.25, 0.3) is 0 Å². The Morgan fingerprint density at radius 3 is 3.00 bits per heavy atom. The van der Waals surface area contributed by atoms with E-state index in [1.165, 1.54) is 18.4 Å². The van der Waals surface area contributed by atoms with Crippen molar-refractivity contribution in [1.29, 1.82) is 0 Å². The fourth-order valence-corrected chi connectivity index (χ4v) is 4.47.